The molecule has 0 aliphatic heterocycles. The fourth-order valence-corrected chi connectivity index (χ4v) is 1.69. The summed E-state index contributed by atoms with van der Waals surface area (Å²) >= 11 is 5.51. The molecule has 0 aromatic heterocycles. The molecule has 0 saturated heterocycles. The van der Waals surface area contributed by atoms with Gasteiger partial charge < -0.3 is 5.11 Å². The van der Waals surface area contributed by atoms with Crippen LogP contribution in [0.15, 0.2) is 6.07 Å². The zero-order valence-corrected chi connectivity index (χ0v) is 9.27. The Morgan fingerprint density at radius 2 is 1.93 bits per heavy atom. The highest BCUT2D eigenvalue weighted by atomic mass is 35.5. The number of phenols is 1. The number of Topliss-reactive ketones (excluding diaryl/α,β-unsaturated/α-hetero) is 1. The molecule has 0 unspecified atom stereocenters. The van der Waals surface area contributed by atoms with Gasteiger partial charge in [0.25, 0.3) is 0 Å². The summed E-state index contributed by atoms with van der Waals surface area (Å²) in [5.41, 5.74) is 2.96. The van der Waals surface area contributed by atoms with Crippen molar-refractivity contribution in [1.82, 2.24) is 0 Å². The average molecular weight is 213 g/mol. The third kappa shape index (κ3) is 1.75. The van der Waals surface area contributed by atoms with E-state index in [1.165, 1.54) is 0 Å². The van der Waals surface area contributed by atoms with Crippen LogP contribution in [0.4, 0.5) is 0 Å². The third-order valence-corrected chi connectivity index (χ3v) is 2.71. The molecule has 2 nitrogen and oxygen atoms in total. The maximum absolute atomic E-state index is 11.5. The van der Waals surface area contributed by atoms with Crippen LogP contribution in [0.5, 0.6) is 5.75 Å². The van der Waals surface area contributed by atoms with E-state index in [1.54, 1.807) is 19.9 Å². The van der Waals surface area contributed by atoms with E-state index in [-0.39, 0.29) is 17.4 Å². The topological polar surface area (TPSA) is 37.3 Å². The summed E-state index contributed by atoms with van der Waals surface area (Å²) in [6.07, 6.45) is 0. The van der Waals surface area contributed by atoms with Crippen LogP contribution in [0, 0.1) is 20.8 Å². The summed E-state index contributed by atoms with van der Waals surface area (Å²) in [5.74, 6) is 0.113. The largest absolute Gasteiger partial charge is 0.508 e. The van der Waals surface area contributed by atoms with Crippen molar-refractivity contribution in [3.63, 3.8) is 0 Å². The Kier molecular flexibility index (Phi) is 3.17. The van der Waals surface area contributed by atoms with E-state index in [9.17, 15) is 9.90 Å². The number of alkyl halides is 1. The summed E-state index contributed by atoms with van der Waals surface area (Å²) < 4.78 is 0. The predicted octanol–water partition coefficient (Wildman–Crippen LogP) is 2.74. The fraction of sp³-hybridized carbons (Fsp3) is 0.364. The lowest BCUT2D eigenvalue weighted by atomic mass is 9.95. The summed E-state index contributed by atoms with van der Waals surface area (Å²) in [7, 11) is 0. The number of carbonyl (C=O) groups excluding carboxylic acids is 1. The van der Waals surface area contributed by atoms with Gasteiger partial charge in [0.05, 0.1) is 5.88 Å². The molecule has 0 aliphatic carbocycles. The number of benzene rings is 1. The molecule has 1 aromatic rings. The number of aromatic hydroxyl groups is 1. The molecule has 0 atom stereocenters. The highest BCUT2D eigenvalue weighted by Gasteiger charge is 2.14. The van der Waals surface area contributed by atoms with E-state index in [4.69, 9.17) is 11.6 Å². The van der Waals surface area contributed by atoms with Gasteiger partial charge in [-0.15, -0.1) is 11.6 Å². The Hall–Kier alpha value is -1.02. The van der Waals surface area contributed by atoms with Crippen molar-refractivity contribution in [2.24, 2.45) is 0 Å². The minimum atomic E-state index is -0.0928. The molecular weight excluding hydrogens is 200 g/mol. The lowest BCUT2D eigenvalue weighted by Crippen LogP contribution is -2.07. The van der Waals surface area contributed by atoms with Crippen LogP contribution in [0.2, 0.25) is 0 Å². The van der Waals surface area contributed by atoms with E-state index in [0.717, 1.165) is 16.7 Å². The van der Waals surface area contributed by atoms with E-state index in [2.05, 4.69) is 0 Å². The van der Waals surface area contributed by atoms with Crippen LogP contribution in [0.1, 0.15) is 27.0 Å². The Balaban J connectivity index is 3.44. The quantitative estimate of drug-likeness (QED) is 0.605. The van der Waals surface area contributed by atoms with Crippen LogP contribution in [0.3, 0.4) is 0 Å². The molecule has 0 amide bonds. The Bertz CT molecular complexity index is 383. The zero-order chi connectivity index (χ0) is 10.9. The lowest BCUT2D eigenvalue weighted by Gasteiger charge is -2.11. The molecule has 1 N–H and O–H groups in total. The van der Waals surface area contributed by atoms with E-state index in [0.29, 0.717) is 5.56 Å². The van der Waals surface area contributed by atoms with Gasteiger partial charge in [-0.25, -0.2) is 0 Å². The first-order valence-corrected chi connectivity index (χ1v) is 4.91. The summed E-state index contributed by atoms with van der Waals surface area (Å²) in [4.78, 5) is 11.5. The number of halogens is 1. The number of aryl methyl sites for hydroxylation is 1. The standard InChI is InChI=1S/C11H13ClO2/c1-6-4-9(13)7(2)8(3)11(6)10(14)5-12/h4,13H,5H2,1-3H3. The van der Waals surface area contributed by atoms with Crippen molar-refractivity contribution < 1.29 is 9.90 Å². The summed E-state index contributed by atoms with van der Waals surface area (Å²) in [6.45, 7) is 5.41. The zero-order valence-electron chi connectivity index (χ0n) is 8.52. The molecule has 1 rings (SSSR count). The molecule has 0 saturated carbocycles. The van der Waals surface area contributed by atoms with E-state index < -0.39 is 0 Å². The van der Waals surface area contributed by atoms with E-state index >= 15 is 0 Å². The molecule has 3 heteroatoms. The second-order valence-electron chi connectivity index (χ2n) is 3.39. The third-order valence-electron chi connectivity index (χ3n) is 2.47. The number of phenolic OH excluding ortho intramolecular Hbond substituents is 1. The molecule has 0 aliphatic rings. The van der Waals surface area contributed by atoms with Crippen LogP contribution < -0.4 is 0 Å². The van der Waals surface area contributed by atoms with Crippen LogP contribution in [-0.2, 0) is 0 Å². The molecule has 0 radical (unpaired) electrons. The summed E-state index contributed by atoms with van der Waals surface area (Å²) in [5, 5.41) is 9.52. The fourth-order valence-electron chi connectivity index (χ4n) is 1.56. The SMILES string of the molecule is Cc1cc(O)c(C)c(C)c1C(=O)CCl. The molecular formula is C11H13ClO2. The lowest BCUT2D eigenvalue weighted by molar-refractivity contribution is 0.102. The minimum absolute atomic E-state index is 0.0219. The smallest absolute Gasteiger partial charge is 0.178 e. The second kappa shape index (κ2) is 4.01. The van der Waals surface area contributed by atoms with Crippen molar-refractivity contribution in [1.29, 1.82) is 0 Å². The van der Waals surface area contributed by atoms with Gasteiger partial charge in [-0.1, -0.05) is 0 Å². The second-order valence-corrected chi connectivity index (χ2v) is 3.66. The van der Waals surface area contributed by atoms with Crippen molar-refractivity contribution in [2.75, 3.05) is 5.88 Å². The average Bonchev–Trinajstić information content (AvgIpc) is 2.14. The number of carbonyl (C=O) groups is 1. The molecule has 14 heavy (non-hydrogen) atoms. The molecule has 0 fully saturated rings. The van der Waals surface area contributed by atoms with Gasteiger partial charge in [0, 0.05) is 5.56 Å². The predicted molar refractivity (Wildman–Crippen MR) is 57.4 cm³/mol. The minimum Gasteiger partial charge on any atom is -0.508 e. The molecule has 0 heterocycles. The number of ketones is 1. The number of hydrogen-bond donors (Lipinski definition) is 1. The molecule has 0 bridgehead atoms. The monoisotopic (exact) mass is 212 g/mol. The Morgan fingerprint density at radius 3 is 2.43 bits per heavy atom. The Morgan fingerprint density at radius 1 is 1.36 bits per heavy atom. The highest BCUT2D eigenvalue weighted by molar-refractivity contribution is 6.30. The highest BCUT2D eigenvalue weighted by Crippen LogP contribution is 2.26. The van der Waals surface area contributed by atoms with Gasteiger partial charge >= 0.3 is 0 Å². The Labute approximate surface area is 88.5 Å². The maximum Gasteiger partial charge on any atom is 0.178 e. The van der Waals surface area contributed by atoms with Crippen molar-refractivity contribution in [3.8, 4) is 5.75 Å². The van der Waals surface area contributed by atoms with E-state index in [1.807, 2.05) is 6.92 Å². The van der Waals surface area contributed by atoms with Gasteiger partial charge in [0.1, 0.15) is 5.75 Å². The normalized spacial score (nSPS) is 10.3. The first-order chi connectivity index (χ1) is 6.49. The first-order valence-electron chi connectivity index (χ1n) is 4.38. The van der Waals surface area contributed by atoms with Gasteiger partial charge in [-0.3, -0.25) is 4.79 Å². The molecule has 1 aromatic carbocycles. The van der Waals surface area contributed by atoms with Gasteiger partial charge in [0.2, 0.25) is 0 Å². The van der Waals surface area contributed by atoms with Crippen molar-refractivity contribution in [3.05, 3.63) is 28.3 Å². The van der Waals surface area contributed by atoms with Crippen molar-refractivity contribution in [2.45, 2.75) is 20.8 Å². The van der Waals surface area contributed by atoms with Gasteiger partial charge in [0.15, 0.2) is 5.78 Å². The van der Waals surface area contributed by atoms with Gasteiger partial charge in [-0.05, 0) is 43.5 Å². The summed E-state index contributed by atoms with van der Waals surface area (Å²) in [6, 6.07) is 1.60. The first kappa shape index (κ1) is 11.1. The number of hydrogen-bond acceptors (Lipinski definition) is 2. The number of rotatable bonds is 2. The van der Waals surface area contributed by atoms with Crippen LogP contribution >= 0.6 is 11.6 Å². The molecule has 0 spiro atoms. The van der Waals surface area contributed by atoms with Gasteiger partial charge in [-0.2, -0.15) is 0 Å². The van der Waals surface area contributed by atoms with Crippen LogP contribution in [-0.4, -0.2) is 16.8 Å². The van der Waals surface area contributed by atoms with Crippen LogP contribution in [0.25, 0.3) is 0 Å². The maximum atomic E-state index is 11.5. The molecule has 76 valence electrons. The van der Waals surface area contributed by atoms with Crippen molar-refractivity contribution >= 4 is 17.4 Å².